The van der Waals surface area contributed by atoms with Gasteiger partial charge >= 0.3 is 17.9 Å². The SMILES string of the molecule is CC/C(=C(\c1ccc(I)cc1)c1ccc(OCCN2CCCC2)cc1)c1ccccc1.O=C(O)CC(O)(CC(=O)O)C(=O)O. The van der Waals surface area contributed by atoms with Crippen LogP contribution in [0.3, 0.4) is 0 Å². The van der Waals surface area contributed by atoms with Gasteiger partial charge < -0.3 is 25.2 Å². The van der Waals surface area contributed by atoms with Crippen LogP contribution in [-0.4, -0.2) is 75.1 Å². The molecule has 1 aliphatic rings. The Balaban J connectivity index is 0.000000345. The van der Waals surface area contributed by atoms with Crippen LogP contribution < -0.4 is 4.74 Å². The second-order valence-electron chi connectivity index (χ2n) is 10.5. The van der Waals surface area contributed by atoms with Crippen LogP contribution in [0.4, 0.5) is 0 Å². The zero-order valence-electron chi connectivity index (χ0n) is 24.6. The van der Waals surface area contributed by atoms with Crippen LogP contribution in [0.25, 0.3) is 11.1 Å². The predicted octanol–water partition coefficient (Wildman–Crippen LogP) is 5.89. The van der Waals surface area contributed by atoms with Crippen molar-refractivity contribution in [1.29, 1.82) is 0 Å². The van der Waals surface area contributed by atoms with E-state index in [0.717, 1.165) is 25.3 Å². The van der Waals surface area contributed by atoms with Gasteiger partial charge in [0.15, 0.2) is 5.60 Å². The number of ether oxygens (including phenoxy) is 1. The van der Waals surface area contributed by atoms with Crippen LogP contribution in [0.2, 0.25) is 0 Å². The number of hydrogen-bond acceptors (Lipinski definition) is 6. The van der Waals surface area contributed by atoms with Crippen molar-refractivity contribution in [3.8, 4) is 5.75 Å². The normalized spacial score (nSPS) is 13.8. The highest BCUT2D eigenvalue weighted by Gasteiger charge is 2.40. The first kappa shape index (κ1) is 34.7. The van der Waals surface area contributed by atoms with E-state index in [0.29, 0.717) is 0 Å². The fraction of sp³-hybridized carbons (Fsp3) is 0.324. The third-order valence-electron chi connectivity index (χ3n) is 7.21. The number of benzene rings is 3. The lowest BCUT2D eigenvalue weighted by atomic mass is 9.88. The molecule has 1 saturated heterocycles. The molecule has 3 aromatic rings. The molecular weight excluding hydrogens is 677 g/mol. The number of aliphatic carboxylic acids is 3. The van der Waals surface area contributed by atoms with Crippen molar-refractivity contribution < 1.29 is 39.5 Å². The van der Waals surface area contributed by atoms with E-state index in [4.69, 9.17) is 25.2 Å². The van der Waals surface area contributed by atoms with Gasteiger partial charge in [0.25, 0.3) is 0 Å². The summed E-state index contributed by atoms with van der Waals surface area (Å²) in [5.74, 6) is -4.07. The highest BCUT2D eigenvalue weighted by Crippen LogP contribution is 2.35. The molecule has 0 bridgehead atoms. The minimum Gasteiger partial charge on any atom is -0.492 e. The summed E-state index contributed by atoms with van der Waals surface area (Å²) in [6.45, 7) is 6.44. The van der Waals surface area contributed by atoms with Gasteiger partial charge in [0, 0.05) is 10.1 Å². The van der Waals surface area contributed by atoms with Crippen LogP contribution in [0.1, 0.15) is 55.7 Å². The number of nitrogens with zero attached hydrogens (tertiary/aromatic N) is 1. The Morgan fingerprint density at radius 1 is 0.795 bits per heavy atom. The summed E-state index contributed by atoms with van der Waals surface area (Å²) in [7, 11) is 0. The van der Waals surface area contributed by atoms with E-state index in [1.54, 1.807) is 0 Å². The summed E-state index contributed by atoms with van der Waals surface area (Å²) in [6.07, 6.45) is 1.33. The molecule has 4 rings (SSSR count). The molecule has 1 aliphatic heterocycles. The largest absolute Gasteiger partial charge is 0.492 e. The molecule has 0 unspecified atom stereocenters. The summed E-state index contributed by atoms with van der Waals surface area (Å²) in [5.41, 5.74) is 3.69. The first-order chi connectivity index (χ1) is 21.0. The smallest absolute Gasteiger partial charge is 0.336 e. The van der Waals surface area contributed by atoms with Crippen molar-refractivity contribution in [1.82, 2.24) is 4.90 Å². The van der Waals surface area contributed by atoms with Crippen molar-refractivity contribution in [2.75, 3.05) is 26.2 Å². The third kappa shape index (κ3) is 10.5. The van der Waals surface area contributed by atoms with Crippen molar-refractivity contribution in [2.45, 2.75) is 44.6 Å². The number of likely N-dealkylation sites (tertiary alicyclic amines) is 1. The Morgan fingerprint density at radius 2 is 1.32 bits per heavy atom. The Labute approximate surface area is 270 Å². The molecule has 0 saturated carbocycles. The van der Waals surface area contributed by atoms with Gasteiger partial charge in [0.2, 0.25) is 0 Å². The standard InChI is InChI=1S/C28H30INO.C6H8O7/c1-2-27(22-8-4-3-5-9-22)28(23-10-14-25(29)15-11-23)24-12-16-26(17-13-24)31-21-20-30-18-6-7-19-30;7-3(8)1-6(13,5(11)12)2-4(9)10/h3-5,8-17H,2,6-7,18-21H2,1H3;13H,1-2H2,(H,7,8)(H,9,10)(H,11,12)/b28-27-;. The topological polar surface area (TPSA) is 145 Å². The summed E-state index contributed by atoms with van der Waals surface area (Å²) in [5, 5.41) is 33.8. The lowest BCUT2D eigenvalue weighted by molar-refractivity contribution is -0.170. The third-order valence-corrected chi connectivity index (χ3v) is 7.93. The van der Waals surface area contributed by atoms with Crippen molar-refractivity contribution >= 4 is 51.6 Å². The van der Waals surface area contributed by atoms with E-state index in [9.17, 15) is 14.4 Å². The summed E-state index contributed by atoms with van der Waals surface area (Å²) < 4.78 is 7.29. The maximum Gasteiger partial charge on any atom is 0.336 e. The van der Waals surface area contributed by atoms with E-state index < -0.39 is 36.4 Å². The highest BCUT2D eigenvalue weighted by atomic mass is 127. The summed E-state index contributed by atoms with van der Waals surface area (Å²) in [4.78, 5) is 33.0. The first-order valence-corrected chi connectivity index (χ1v) is 15.5. The highest BCUT2D eigenvalue weighted by molar-refractivity contribution is 14.1. The molecule has 0 aliphatic carbocycles. The monoisotopic (exact) mass is 715 g/mol. The Hall–Kier alpha value is -3.74. The van der Waals surface area contributed by atoms with Gasteiger partial charge in [-0.3, -0.25) is 14.5 Å². The molecule has 44 heavy (non-hydrogen) atoms. The zero-order chi connectivity index (χ0) is 32.1. The van der Waals surface area contributed by atoms with Crippen LogP contribution in [-0.2, 0) is 14.4 Å². The Morgan fingerprint density at radius 3 is 1.80 bits per heavy atom. The molecule has 0 amide bonds. The van der Waals surface area contributed by atoms with E-state index in [-0.39, 0.29) is 0 Å². The number of carboxylic acid groups (broad SMARTS) is 3. The maximum absolute atomic E-state index is 10.3. The number of allylic oxidation sites excluding steroid dienone is 1. The van der Waals surface area contributed by atoms with Gasteiger partial charge in [-0.25, -0.2) is 4.79 Å². The van der Waals surface area contributed by atoms with Crippen LogP contribution >= 0.6 is 22.6 Å². The lowest BCUT2D eigenvalue weighted by Crippen LogP contribution is -2.42. The maximum atomic E-state index is 10.3. The molecule has 0 spiro atoms. The van der Waals surface area contributed by atoms with Gasteiger partial charge in [-0.05, 0) is 107 Å². The minimum atomic E-state index is -2.74. The quantitative estimate of drug-likeness (QED) is 0.126. The fourth-order valence-electron chi connectivity index (χ4n) is 5.03. The van der Waals surface area contributed by atoms with Crippen molar-refractivity contribution in [3.63, 3.8) is 0 Å². The molecule has 0 atom stereocenters. The lowest BCUT2D eigenvalue weighted by Gasteiger charge is -2.18. The van der Waals surface area contributed by atoms with E-state index in [2.05, 4.69) is 113 Å². The molecule has 9 nitrogen and oxygen atoms in total. The molecule has 3 aromatic carbocycles. The first-order valence-electron chi connectivity index (χ1n) is 14.4. The van der Waals surface area contributed by atoms with E-state index in [1.165, 1.54) is 57.3 Å². The number of aliphatic hydroxyl groups is 1. The van der Waals surface area contributed by atoms with E-state index >= 15 is 0 Å². The predicted molar refractivity (Wildman–Crippen MR) is 177 cm³/mol. The zero-order valence-corrected chi connectivity index (χ0v) is 26.8. The van der Waals surface area contributed by atoms with Gasteiger partial charge in [-0.15, -0.1) is 0 Å². The molecule has 0 aromatic heterocycles. The van der Waals surface area contributed by atoms with Gasteiger partial charge in [-0.1, -0.05) is 61.5 Å². The second-order valence-corrected chi connectivity index (χ2v) is 11.7. The van der Waals surface area contributed by atoms with Gasteiger partial charge in [-0.2, -0.15) is 0 Å². The summed E-state index contributed by atoms with van der Waals surface area (Å²) in [6, 6.07) is 28.2. The Bertz CT molecular complexity index is 1400. The number of carboxylic acids is 3. The molecule has 1 fully saturated rings. The van der Waals surface area contributed by atoms with Gasteiger partial charge in [0.05, 0.1) is 12.8 Å². The number of halogens is 1. The van der Waals surface area contributed by atoms with E-state index in [1.807, 2.05) is 0 Å². The molecule has 234 valence electrons. The average molecular weight is 716 g/mol. The molecule has 1 heterocycles. The number of carbonyl (C=O) groups is 3. The van der Waals surface area contributed by atoms with Crippen LogP contribution in [0.15, 0.2) is 78.9 Å². The van der Waals surface area contributed by atoms with Crippen LogP contribution in [0, 0.1) is 3.57 Å². The average Bonchev–Trinajstić information content (AvgIpc) is 3.51. The second kappa shape index (κ2) is 16.9. The number of hydrogen-bond donors (Lipinski definition) is 4. The molecule has 4 N–H and O–H groups in total. The van der Waals surface area contributed by atoms with Gasteiger partial charge in [0.1, 0.15) is 12.4 Å². The van der Waals surface area contributed by atoms with Crippen molar-refractivity contribution in [3.05, 3.63) is 99.1 Å². The fourth-order valence-corrected chi connectivity index (χ4v) is 5.39. The summed E-state index contributed by atoms with van der Waals surface area (Å²) >= 11 is 2.37. The van der Waals surface area contributed by atoms with Crippen molar-refractivity contribution in [2.24, 2.45) is 0 Å². The molecule has 0 radical (unpaired) electrons. The van der Waals surface area contributed by atoms with Crippen LogP contribution in [0.5, 0.6) is 5.75 Å². The molecular formula is C34H38INO8. The number of rotatable bonds is 13. The minimum absolute atomic E-state index is 0.753. The molecule has 10 heteroatoms. The Kier molecular flexibility index (Phi) is 13.4.